The average Bonchev–Trinajstić information content (AvgIpc) is 2.33. The zero-order valence-electron chi connectivity index (χ0n) is 11.2. The fraction of sp³-hybridized carbons (Fsp3) is 0.833. The first-order valence-electron chi connectivity index (χ1n) is 5.33. The molecular formula is C12H32. The van der Waals surface area contributed by atoms with Crippen LogP contribution in [0.5, 0.6) is 0 Å². The molecule has 0 saturated carbocycles. The van der Waals surface area contributed by atoms with E-state index in [9.17, 15) is 0 Å². The molecule has 0 unspecified atom stereocenters. The lowest BCUT2D eigenvalue weighted by molar-refractivity contribution is 1.50. The highest BCUT2D eigenvalue weighted by Gasteiger charge is 0.940. The van der Waals surface area contributed by atoms with Gasteiger partial charge in [-0.2, -0.15) is 0 Å². The number of hydrogen-bond acceptors (Lipinski definition) is 0. The van der Waals surface area contributed by atoms with E-state index in [-0.39, 0.29) is 0 Å². The van der Waals surface area contributed by atoms with Gasteiger partial charge in [0, 0.05) is 0 Å². The lowest BCUT2D eigenvalue weighted by Gasteiger charge is -1.07. The van der Waals surface area contributed by atoms with Gasteiger partial charge in [0.05, 0.1) is 0 Å². The van der Waals surface area contributed by atoms with Crippen LogP contribution in [0.15, 0.2) is 0 Å². The summed E-state index contributed by atoms with van der Waals surface area (Å²) in [4.78, 5) is 0. The largest absolute Gasteiger partial charge is 0.124 e. The van der Waals surface area contributed by atoms with Crippen LogP contribution >= 0.6 is 0 Å². The van der Waals surface area contributed by atoms with Crippen LogP contribution < -0.4 is 0 Å². The van der Waals surface area contributed by atoms with Gasteiger partial charge in [-0.05, 0) is 0 Å². The monoisotopic (exact) mass is 176 g/mol. The van der Waals surface area contributed by atoms with Gasteiger partial charge in [-0.3, -0.25) is 0 Å². The maximum atomic E-state index is 4.00. The Morgan fingerprint density at radius 1 is 0.333 bits per heavy atom. The average molecular weight is 176 g/mol. The van der Waals surface area contributed by atoms with Crippen molar-refractivity contribution in [2.24, 2.45) is 0 Å². The van der Waals surface area contributed by atoms with E-state index in [4.69, 9.17) is 0 Å². The van der Waals surface area contributed by atoms with E-state index in [0.29, 0.717) is 0 Å². The van der Waals surface area contributed by atoms with Gasteiger partial charge in [0.2, 0.25) is 0 Å². The van der Waals surface area contributed by atoms with Gasteiger partial charge in [0.15, 0.2) is 0 Å². The van der Waals surface area contributed by atoms with Crippen LogP contribution in [-0.4, -0.2) is 0 Å². The second-order valence-corrected chi connectivity index (χ2v) is 0. The highest BCUT2D eigenvalue weighted by Crippen LogP contribution is 1.15. The van der Waals surface area contributed by atoms with Crippen LogP contribution in [0.1, 0.15) is 69.2 Å². The third-order valence-electron chi connectivity index (χ3n) is 0. The summed E-state index contributed by atoms with van der Waals surface area (Å²) in [5, 5.41) is 0. The fourth-order valence-electron chi connectivity index (χ4n) is 0. The number of rotatable bonds is 0. The molecule has 0 aromatic heterocycles. The molecule has 0 heterocycles. The third kappa shape index (κ3) is 3620. The van der Waals surface area contributed by atoms with Crippen molar-refractivity contribution in [3.05, 3.63) is 0 Å². The van der Waals surface area contributed by atoms with E-state index in [1.54, 1.807) is 0 Å². The maximum absolute atomic E-state index is 4.00. The summed E-state index contributed by atoms with van der Waals surface area (Å²) in [6, 6.07) is 0. The second-order valence-electron chi connectivity index (χ2n) is 0. The maximum Gasteiger partial charge on any atom is -0.0683 e. The fourth-order valence-corrected chi connectivity index (χ4v) is 0. The minimum absolute atomic E-state index is 2.00. The van der Waals surface area contributed by atoms with Crippen molar-refractivity contribution in [3.8, 4) is 12.8 Å². The molecule has 0 aliphatic carbocycles. The Balaban J connectivity index is -0.00000000900. The molecule has 0 aliphatic heterocycles. The van der Waals surface area contributed by atoms with E-state index in [1.165, 1.54) is 0 Å². The van der Waals surface area contributed by atoms with Gasteiger partial charge in [-0.25, -0.2) is 0 Å². The predicted octanol–water partition coefficient (Wildman–Crippen LogP) is 5.38. The Bertz CT molecular complexity index is 4.75. The van der Waals surface area contributed by atoms with Crippen molar-refractivity contribution >= 4 is 0 Å². The van der Waals surface area contributed by atoms with E-state index in [0.717, 1.165) is 0 Å². The summed E-state index contributed by atoms with van der Waals surface area (Å²) < 4.78 is 0. The van der Waals surface area contributed by atoms with Gasteiger partial charge < -0.3 is 0 Å². The van der Waals surface area contributed by atoms with Gasteiger partial charge in [0.25, 0.3) is 0 Å². The van der Waals surface area contributed by atoms with E-state index < -0.39 is 0 Å². The van der Waals surface area contributed by atoms with Crippen molar-refractivity contribution < 1.29 is 0 Å². The van der Waals surface area contributed by atoms with Crippen LogP contribution in [0.2, 0.25) is 0 Å². The Morgan fingerprint density at radius 2 is 0.333 bits per heavy atom. The molecule has 0 amide bonds. The first-order valence-corrected chi connectivity index (χ1v) is 5.33. The van der Waals surface area contributed by atoms with Crippen LogP contribution in [-0.2, 0) is 0 Å². The molecule has 0 aliphatic rings. The van der Waals surface area contributed by atoms with Crippen LogP contribution in [0.25, 0.3) is 0 Å². The molecule has 0 heteroatoms. The summed E-state index contributed by atoms with van der Waals surface area (Å²) in [6.07, 6.45) is 8.00. The Kier molecular flexibility index (Phi) is 17300. The van der Waals surface area contributed by atoms with Gasteiger partial charge >= 0.3 is 0 Å². The lowest BCUT2D eigenvalue weighted by Crippen LogP contribution is -0.856. The third-order valence-corrected chi connectivity index (χ3v) is 0. The molecule has 0 aromatic rings. The molecule has 0 fully saturated rings. The van der Waals surface area contributed by atoms with Crippen molar-refractivity contribution in [3.63, 3.8) is 0 Å². The minimum atomic E-state index is 2.00. The van der Waals surface area contributed by atoms with Crippen LogP contribution in [0.4, 0.5) is 0 Å². The molecule has 0 radical (unpaired) electrons. The van der Waals surface area contributed by atoms with E-state index >= 15 is 0 Å². The van der Waals surface area contributed by atoms with Gasteiger partial charge in [-0.15, -0.1) is 12.8 Å². The van der Waals surface area contributed by atoms with Crippen molar-refractivity contribution in [2.75, 3.05) is 0 Å². The van der Waals surface area contributed by atoms with E-state index in [1.807, 2.05) is 69.2 Å². The minimum Gasteiger partial charge on any atom is -0.124 e. The molecule has 0 saturated heterocycles. The smallest absolute Gasteiger partial charge is 0.0683 e. The highest BCUT2D eigenvalue weighted by atomic mass is 13.0. The standard InChI is InChI=1S/5C2H6.C2H2/c6*1-2/h5*1-2H3;1-2H. The Labute approximate surface area is 82.8 Å². The predicted molar refractivity (Wildman–Crippen MR) is 66.6 cm³/mol. The Hall–Kier alpha value is -0.440. The summed E-state index contributed by atoms with van der Waals surface area (Å²) in [6.45, 7) is 20.0. The highest BCUT2D eigenvalue weighted by molar-refractivity contribution is 4.47. The molecule has 0 spiro atoms. The lowest BCUT2D eigenvalue weighted by atomic mass is 11.0. The summed E-state index contributed by atoms with van der Waals surface area (Å²) in [7, 11) is 0. The zero-order valence-corrected chi connectivity index (χ0v) is 11.2. The van der Waals surface area contributed by atoms with Crippen LogP contribution in [0, 0.1) is 12.8 Å². The van der Waals surface area contributed by atoms with Crippen molar-refractivity contribution in [1.29, 1.82) is 0 Å². The molecular weight excluding hydrogens is 144 g/mol. The molecule has 0 aromatic carbocycles. The molecule has 0 bridgehead atoms. The summed E-state index contributed by atoms with van der Waals surface area (Å²) in [5.41, 5.74) is 0. The van der Waals surface area contributed by atoms with Crippen LogP contribution in [0.3, 0.4) is 0 Å². The first kappa shape index (κ1) is 41.7. The first-order chi connectivity index (χ1) is 6.00. The molecule has 0 N–H and O–H groups in total. The number of terminal acetylenes is 1. The molecule has 0 nitrogen and oxygen atoms in total. The van der Waals surface area contributed by atoms with Gasteiger partial charge in [0.1, 0.15) is 0 Å². The van der Waals surface area contributed by atoms with Crippen molar-refractivity contribution in [1.82, 2.24) is 0 Å². The topological polar surface area (TPSA) is 0 Å². The second kappa shape index (κ2) is 4990. The number of hydrogen-bond donors (Lipinski definition) is 0. The van der Waals surface area contributed by atoms with Crippen molar-refractivity contribution in [2.45, 2.75) is 69.2 Å². The summed E-state index contributed by atoms with van der Waals surface area (Å²) in [5.74, 6) is 0. The molecule has 0 rings (SSSR count). The zero-order chi connectivity index (χ0) is 12.0. The molecule has 12 heavy (non-hydrogen) atoms. The van der Waals surface area contributed by atoms with E-state index in [2.05, 4.69) is 12.8 Å². The quantitative estimate of drug-likeness (QED) is 0.435. The summed E-state index contributed by atoms with van der Waals surface area (Å²) >= 11 is 0. The molecule has 80 valence electrons. The SMILES string of the molecule is C#C.CC.CC.CC.CC.CC. The van der Waals surface area contributed by atoms with Gasteiger partial charge in [-0.1, -0.05) is 69.2 Å². The Morgan fingerprint density at radius 3 is 0.333 bits per heavy atom. The normalized spacial score (nSPS) is 2.67. The molecule has 0 atom stereocenters.